The number of carbonyl (C=O) groups is 1. The number of alkyl halides is 3. The van der Waals surface area contributed by atoms with Crippen LogP contribution in [0.25, 0.3) is 0 Å². The Morgan fingerprint density at radius 1 is 1.26 bits per heavy atom. The summed E-state index contributed by atoms with van der Waals surface area (Å²) in [5.74, 6) is -0.800. The molecule has 3 nitrogen and oxygen atoms in total. The fourth-order valence-electron chi connectivity index (χ4n) is 1.51. The minimum absolute atomic E-state index is 0.0405. The number of hydrogen-bond acceptors (Lipinski definition) is 3. The highest BCUT2D eigenvalue weighted by atomic mass is 79.9. The van der Waals surface area contributed by atoms with Crippen LogP contribution in [-0.4, -0.2) is 5.78 Å². The van der Waals surface area contributed by atoms with E-state index in [0.717, 1.165) is 12.1 Å². The van der Waals surface area contributed by atoms with Crippen molar-refractivity contribution in [2.45, 2.75) is 6.18 Å². The zero-order valence-electron chi connectivity index (χ0n) is 9.29. The molecule has 7 heteroatoms. The van der Waals surface area contributed by atoms with Crippen molar-refractivity contribution in [3.8, 4) is 0 Å². The van der Waals surface area contributed by atoms with Crippen molar-refractivity contribution in [3.63, 3.8) is 0 Å². The van der Waals surface area contributed by atoms with Crippen LogP contribution in [0.1, 0.15) is 21.7 Å². The third-order valence-electron chi connectivity index (χ3n) is 2.45. The maximum atomic E-state index is 12.6. The lowest BCUT2D eigenvalue weighted by Gasteiger charge is -2.10. The van der Waals surface area contributed by atoms with Gasteiger partial charge in [0, 0.05) is 11.3 Å². The molecule has 0 saturated carbocycles. The van der Waals surface area contributed by atoms with Gasteiger partial charge in [-0.15, -0.1) is 0 Å². The summed E-state index contributed by atoms with van der Waals surface area (Å²) < 4.78 is 43.1. The van der Waals surface area contributed by atoms with Crippen molar-refractivity contribution in [2.75, 3.05) is 5.73 Å². The van der Waals surface area contributed by atoms with E-state index in [-0.39, 0.29) is 17.0 Å². The third kappa shape index (κ3) is 2.65. The summed E-state index contributed by atoms with van der Waals surface area (Å²) in [6.07, 6.45) is -3.29. The van der Waals surface area contributed by atoms with Gasteiger partial charge in [-0.25, -0.2) is 0 Å². The Morgan fingerprint density at radius 3 is 2.47 bits per heavy atom. The lowest BCUT2D eigenvalue weighted by molar-refractivity contribution is -0.137. The van der Waals surface area contributed by atoms with Gasteiger partial charge in [0.05, 0.1) is 16.3 Å². The molecule has 0 radical (unpaired) electrons. The van der Waals surface area contributed by atoms with Crippen LogP contribution in [-0.2, 0) is 6.18 Å². The molecule has 0 amide bonds. The molecule has 0 saturated heterocycles. The smallest absolute Gasteiger partial charge is 0.416 e. The maximum Gasteiger partial charge on any atom is 0.416 e. The standard InChI is InChI=1S/C12H7BrF3NO2/c13-8-3-4-19-11(8)10(18)7-5-6(12(14,15)16)1-2-9(7)17/h1-5H,17H2. The molecule has 100 valence electrons. The molecule has 0 spiro atoms. The second kappa shape index (κ2) is 4.73. The van der Waals surface area contributed by atoms with Crippen LogP contribution in [0.2, 0.25) is 0 Å². The Kier molecular flexibility index (Phi) is 3.40. The number of ketones is 1. The molecule has 2 aromatic rings. The number of anilines is 1. The van der Waals surface area contributed by atoms with Crippen LogP contribution in [0.15, 0.2) is 39.4 Å². The second-order valence-corrected chi connectivity index (χ2v) is 4.58. The van der Waals surface area contributed by atoms with E-state index in [0.29, 0.717) is 10.5 Å². The zero-order valence-corrected chi connectivity index (χ0v) is 10.9. The van der Waals surface area contributed by atoms with Gasteiger partial charge in [0.1, 0.15) is 0 Å². The van der Waals surface area contributed by atoms with Crippen molar-refractivity contribution in [1.29, 1.82) is 0 Å². The van der Waals surface area contributed by atoms with Crippen LogP contribution in [0, 0.1) is 0 Å². The molecule has 1 aromatic carbocycles. The van der Waals surface area contributed by atoms with E-state index in [4.69, 9.17) is 10.2 Å². The van der Waals surface area contributed by atoms with E-state index >= 15 is 0 Å². The third-order valence-corrected chi connectivity index (χ3v) is 3.07. The van der Waals surface area contributed by atoms with E-state index in [9.17, 15) is 18.0 Å². The highest BCUT2D eigenvalue weighted by Crippen LogP contribution is 2.32. The molecule has 0 unspecified atom stereocenters. The van der Waals surface area contributed by atoms with Crippen molar-refractivity contribution in [3.05, 3.63) is 51.9 Å². The van der Waals surface area contributed by atoms with Gasteiger partial charge >= 0.3 is 6.18 Å². The summed E-state index contributed by atoms with van der Waals surface area (Å²) in [4.78, 5) is 12.1. The van der Waals surface area contributed by atoms with E-state index in [1.165, 1.54) is 12.3 Å². The number of nitrogens with two attached hydrogens (primary N) is 1. The molecule has 0 aliphatic rings. The molecule has 0 aliphatic carbocycles. The van der Waals surface area contributed by atoms with Gasteiger partial charge in [0.15, 0.2) is 5.76 Å². The van der Waals surface area contributed by atoms with Crippen LogP contribution in [0.3, 0.4) is 0 Å². The van der Waals surface area contributed by atoms with Gasteiger partial charge in [-0.3, -0.25) is 4.79 Å². The predicted octanol–water partition coefficient (Wildman–Crippen LogP) is 3.87. The van der Waals surface area contributed by atoms with Gasteiger partial charge in [-0.05, 0) is 40.2 Å². The molecule has 1 aromatic heterocycles. The minimum Gasteiger partial charge on any atom is -0.460 e. The number of carbonyl (C=O) groups excluding carboxylic acids is 1. The Bertz CT molecular complexity index is 634. The largest absolute Gasteiger partial charge is 0.460 e. The normalized spacial score (nSPS) is 11.6. The average Bonchev–Trinajstić information content (AvgIpc) is 2.73. The Labute approximate surface area is 114 Å². The predicted molar refractivity (Wildman–Crippen MR) is 65.7 cm³/mol. The van der Waals surface area contributed by atoms with Gasteiger partial charge in [0.25, 0.3) is 0 Å². The molecular weight excluding hydrogens is 327 g/mol. The van der Waals surface area contributed by atoms with Crippen LogP contribution in [0.5, 0.6) is 0 Å². The Balaban J connectivity index is 2.51. The average molecular weight is 334 g/mol. The summed E-state index contributed by atoms with van der Waals surface area (Å²) >= 11 is 3.07. The number of benzene rings is 1. The quantitative estimate of drug-likeness (QED) is 0.670. The number of nitrogen functional groups attached to an aromatic ring is 1. The molecule has 0 atom stereocenters. The summed E-state index contributed by atoms with van der Waals surface area (Å²) in [6, 6.07) is 4.06. The van der Waals surface area contributed by atoms with Gasteiger partial charge in [0.2, 0.25) is 5.78 Å². The van der Waals surface area contributed by atoms with Crippen LogP contribution in [0.4, 0.5) is 18.9 Å². The zero-order chi connectivity index (χ0) is 14.2. The van der Waals surface area contributed by atoms with Crippen molar-refractivity contribution in [1.82, 2.24) is 0 Å². The lowest BCUT2D eigenvalue weighted by Crippen LogP contribution is -2.10. The van der Waals surface area contributed by atoms with Crippen molar-refractivity contribution < 1.29 is 22.4 Å². The number of halogens is 4. The van der Waals surface area contributed by atoms with E-state index in [1.807, 2.05) is 0 Å². The summed E-state index contributed by atoms with van der Waals surface area (Å²) in [5, 5.41) is 0. The SMILES string of the molecule is Nc1ccc(C(F)(F)F)cc1C(=O)c1occc1Br. The maximum absolute atomic E-state index is 12.6. The lowest BCUT2D eigenvalue weighted by atomic mass is 10.0. The summed E-state index contributed by atoms with van der Waals surface area (Å²) in [6.45, 7) is 0. The topological polar surface area (TPSA) is 56.2 Å². The molecular formula is C12H7BrF3NO2. The monoisotopic (exact) mass is 333 g/mol. The van der Waals surface area contributed by atoms with E-state index < -0.39 is 17.5 Å². The van der Waals surface area contributed by atoms with Crippen LogP contribution < -0.4 is 5.73 Å². The van der Waals surface area contributed by atoms with Crippen molar-refractivity contribution >= 4 is 27.4 Å². The first-order chi connectivity index (χ1) is 8.80. The number of furan rings is 1. The number of rotatable bonds is 2. The van der Waals surface area contributed by atoms with Crippen molar-refractivity contribution in [2.24, 2.45) is 0 Å². The molecule has 2 N–H and O–H groups in total. The molecule has 0 fully saturated rings. The van der Waals surface area contributed by atoms with Gasteiger partial charge in [-0.1, -0.05) is 0 Å². The first-order valence-electron chi connectivity index (χ1n) is 5.05. The first-order valence-corrected chi connectivity index (χ1v) is 5.84. The first kappa shape index (κ1) is 13.7. The molecule has 1 heterocycles. The summed E-state index contributed by atoms with van der Waals surface area (Å²) in [5.41, 5.74) is 4.32. The molecule has 0 bridgehead atoms. The highest BCUT2D eigenvalue weighted by molar-refractivity contribution is 9.10. The molecule has 19 heavy (non-hydrogen) atoms. The van der Waals surface area contributed by atoms with Gasteiger partial charge < -0.3 is 10.2 Å². The molecule has 2 rings (SSSR count). The highest BCUT2D eigenvalue weighted by Gasteiger charge is 2.32. The van der Waals surface area contributed by atoms with E-state index in [1.54, 1.807) is 0 Å². The van der Waals surface area contributed by atoms with E-state index in [2.05, 4.69) is 15.9 Å². The second-order valence-electron chi connectivity index (χ2n) is 3.73. The Morgan fingerprint density at radius 2 is 1.95 bits per heavy atom. The minimum atomic E-state index is -4.54. The Hall–Kier alpha value is -1.76. The fraction of sp³-hybridized carbons (Fsp3) is 0.0833. The molecule has 0 aliphatic heterocycles. The number of hydrogen-bond donors (Lipinski definition) is 1. The summed E-state index contributed by atoms with van der Waals surface area (Å²) in [7, 11) is 0. The van der Waals surface area contributed by atoms with Gasteiger partial charge in [-0.2, -0.15) is 13.2 Å². The van der Waals surface area contributed by atoms with Crippen LogP contribution >= 0.6 is 15.9 Å². The fourth-order valence-corrected chi connectivity index (χ4v) is 1.89.